The van der Waals surface area contributed by atoms with Crippen LogP contribution in [-0.2, 0) is 14.8 Å². The van der Waals surface area contributed by atoms with E-state index >= 15 is 0 Å². The molecule has 0 radical (unpaired) electrons. The third-order valence-electron chi connectivity index (χ3n) is 4.03. The molecule has 0 fully saturated rings. The monoisotopic (exact) mass is 474 g/mol. The molecule has 0 saturated carbocycles. The molecule has 1 aromatic carbocycles. The minimum absolute atomic E-state index is 0.0764. The van der Waals surface area contributed by atoms with Crippen LogP contribution in [0, 0.1) is 5.82 Å². The number of carbonyl (C=O) groups excluding carboxylic acids is 1. The number of sulfonamides is 1. The van der Waals surface area contributed by atoms with Crippen molar-refractivity contribution >= 4 is 27.1 Å². The van der Waals surface area contributed by atoms with Gasteiger partial charge in [-0.1, -0.05) is 12.1 Å². The van der Waals surface area contributed by atoms with Gasteiger partial charge in [0.15, 0.2) is 0 Å². The SMILES string of the molecule is CC(C)(C)OC(=O)n1nc(S(=O)(=O)N[C@H](c2ccc(F)cc2)C(F)(F)F)c2ncccc21. The van der Waals surface area contributed by atoms with Gasteiger partial charge in [0.05, 0.1) is 0 Å². The van der Waals surface area contributed by atoms with Crippen LogP contribution in [-0.4, -0.2) is 41.1 Å². The number of hydrogen-bond donors (Lipinski definition) is 1. The smallest absolute Gasteiger partial charge is 0.435 e. The zero-order valence-electron chi connectivity index (χ0n) is 17.0. The molecule has 0 saturated heterocycles. The third kappa shape index (κ3) is 5.05. The van der Waals surface area contributed by atoms with E-state index in [1.54, 1.807) is 20.8 Å². The maximum Gasteiger partial charge on any atom is 0.435 e. The number of benzene rings is 1. The first-order chi connectivity index (χ1) is 14.7. The molecule has 1 atom stereocenters. The highest BCUT2D eigenvalue weighted by atomic mass is 32.2. The Morgan fingerprint density at radius 1 is 1.12 bits per heavy atom. The standard InChI is InChI=1S/C19H18F4N4O4S/c1-18(2,3)31-17(28)27-13-5-4-10-24-14(13)16(25-27)32(29,30)26-15(19(21,22)23)11-6-8-12(20)9-7-11/h4-10,15,26H,1-3H3/t15-/m1/s1. The van der Waals surface area contributed by atoms with E-state index < -0.39 is 50.3 Å². The molecular formula is C19H18F4N4O4S. The Labute approximate surface area is 180 Å². The Morgan fingerprint density at radius 2 is 1.75 bits per heavy atom. The molecule has 0 unspecified atom stereocenters. The topological polar surface area (TPSA) is 103 Å². The average Bonchev–Trinajstić information content (AvgIpc) is 3.06. The second-order valence-electron chi connectivity index (χ2n) is 7.72. The normalized spacial score (nSPS) is 13.8. The van der Waals surface area contributed by atoms with E-state index in [0.29, 0.717) is 4.68 Å². The number of nitrogens with one attached hydrogen (secondary N) is 1. The second-order valence-corrected chi connectivity index (χ2v) is 9.35. The molecule has 0 bridgehead atoms. The van der Waals surface area contributed by atoms with E-state index in [0.717, 1.165) is 24.3 Å². The van der Waals surface area contributed by atoms with Crippen LogP contribution in [0.2, 0.25) is 0 Å². The fourth-order valence-corrected chi connectivity index (χ4v) is 4.03. The van der Waals surface area contributed by atoms with Gasteiger partial charge in [0.2, 0.25) is 5.03 Å². The summed E-state index contributed by atoms with van der Waals surface area (Å²) in [5.74, 6) is -0.788. The van der Waals surface area contributed by atoms with Gasteiger partial charge in [0.25, 0.3) is 10.0 Å². The summed E-state index contributed by atoms with van der Waals surface area (Å²) in [6, 6.07) is 3.19. The predicted molar refractivity (Wildman–Crippen MR) is 105 cm³/mol. The highest BCUT2D eigenvalue weighted by Gasteiger charge is 2.44. The van der Waals surface area contributed by atoms with Crippen LogP contribution in [0.3, 0.4) is 0 Å². The zero-order chi connectivity index (χ0) is 23.9. The first kappa shape index (κ1) is 23.6. The van der Waals surface area contributed by atoms with Crippen molar-refractivity contribution in [2.24, 2.45) is 0 Å². The fourth-order valence-electron chi connectivity index (χ4n) is 2.74. The number of carbonyl (C=O) groups is 1. The Balaban J connectivity index is 2.08. The van der Waals surface area contributed by atoms with Gasteiger partial charge < -0.3 is 4.74 Å². The van der Waals surface area contributed by atoms with Crippen molar-refractivity contribution in [3.63, 3.8) is 0 Å². The number of alkyl halides is 3. The number of pyridine rings is 1. The molecule has 3 aromatic rings. The Morgan fingerprint density at radius 3 is 2.31 bits per heavy atom. The molecule has 2 heterocycles. The highest BCUT2D eigenvalue weighted by Crippen LogP contribution is 2.34. The Hall–Kier alpha value is -3.06. The number of hydrogen-bond acceptors (Lipinski definition) is 6. The summed E-state index contributed by atoms with van der Waals surface area (Å²) < 4.78 is 87.2. The zero-order valence-corrected chi connectivity index (χ0v) is 17.8. The van der Waals surface area contributed by atoms with Crippen molar-refractivity contribution in [1.82, 2.24) is 19.5 Å². The summed E-state index contributed by atoms with van der Waals surface area (Å²) >= 11 is 0. The first-order valence-corrected chi connectivity index (χ1v) is 10.6. The lowest BCUT2D eigenvalue weighted by atomic mass is 10.1. The van der Waals surface area contributed by atoms with Crippen LogP contribution in [0.25, 0.3) is 11.0 Å². The van der Waals surface area contributed by atoms with E-state index in [1.807, 2.05) is 0 Å². The number of rotatable bonds is 4. The predicted octanol–water partition coefficient (Wildman–Crippen LogP) is 3.94. The Bertz CT molecular complexity index is 1250. The number of aromatic nitrogens is 3. The van der Waals surface area contributed by atoms with Crippen molar-refractivity contribution in [3.05, 3.63) is 54.0 Å². The Kier molecular flexibility index (Phi) is 6.00. The minimum Gasteiger partial charge on any atom is -0.442 e. The summed E-state index contributed by atoms with van der Waals surface area (Å²) in [5, 5.41) is 2.80. The molecular weight excluding hydrogens is 456 g/mol. The van der Waals surface area contributed by atoms with Gasteiger partial charge >= 0.3 is 12.3 Å². The van der Waals surface area contributed by atoms with E-state index in [-0.39, 0.29) is 11.0 Å². The maximum atomic E-state index is 13.6. The highest BCUT2D eigenvalue weighted by molar-refractivity contribution is 7.89. The lowest BCUT2D eigenvalue weighted by molar-refractivity contribution is -0.153. The van der Waals surface area contributed by atoms with Gasteiger partial charge in [-0.3, -0.25) is 4.98 Å². The molecule has 13 heteroatoms. The summed E-state index contributed by atoms with van der Waals surface area (Å²) in [6.07, 6.45) is -4.89. The average molecular weight is 474 g/mol. The van der Waals surface area contributed by atoms with Gasteiger partial charge in [0, 0.05) is 6.20 Å². The van der Waals surface area contributed by atoms with Crippen molar-refractivity contribution < 1.29 is 35.5 Å². The summed E-state index contributed by atoms with van der Waals surface area (Å²) in [5.41, 5.74) is -1.89. The van der Waals surface area contributed by atoms with Crippen molar-refractivity contribution in [3.8, 4) is 0 Å². The lowest BCUT2D eigenvalue weighted by Crippen LogP contribution is -2.38. The van der Waals surface area contributed by atoms with Gasteiger partial charge in [-0.05, 0) is 50.6 Å². The molecule has 0 amide bonds. The van der Waals surface area contributed by atoms with Crippen molar-refractivity contribution in [2.75, 3.05) is 0 Å². The molecule has 8 nitrogen and oxygen atoms in total. The molecule has 32 heavy (non-hydrogen) atoms. The van der Waals surface area contributed by atoms with Gasteiger partial charge in [0.1, 0.15) is 28.5 Å². The molecule has 2 aromatic heterocycles. The van der Waals surface area contributed by atoms with Crippen molar-refractivity contribution in [2.45, 2.75) is 43.6 Å². The fraction of sp³-hybridized carbons (Fsp3) is 0.316. The largest absolute Gasteiger partial charge is 0.442 e. The lowest BCUT2D eigenvalue weighted by Gasteiger charge is -2.21. The minimum atomic E-state index is -5.05. The van der Waals surface area contributed by atoms with E-state index in [4.69, 9.17) is 4.74 Å². The molecule has 0 aliphatic heterocycles. The second kappa shape index (κ2) is 8.13. The van der Waals surface area contributed by atoms with Crippen LogP contribution in [0.4, 0.5) is 22.4 Å². The third-order valence-corrected chi connectivity index (χ3v) is 5.36. The summed E-state index contributed by atoms with van der Waals surface area (Å²) in [7, 11) is -4.95. The molecule has 172 valence electrons. The van der Waals surface area contributed by atoms with Crippen LogP contribution >= 0.6 is 0 Å². The molecule has 0 aliphatic carbocycles. The number of halogens is 4. The van der Waals surface area contributed by atoms with E-state index in [1.165, 1.54) is 23.1 Å². The molecule has 0 aliphatic rings. The van der Waals surface area contributed by atoms with Crippen molar-refractivity contribution in [1.29, 1.82) is 0 Å². The molecule has 1 N–H and O–H groups in total. The molecule has 3 rings (SSSR count). The first-order valence-electron chi connectivity index (χ1n) is 9.11. The van der Waals surface area contributed by atoms with Crippen LogP contribution in [0.5, 0.6) is 0 Å². The molecule has 0 spiro atoms. The van der Waals surface area contributed by atoms with Crippen LogP contribution in [0.15, 0.2) is 47.6 Å². The summed E-state index contributed by atoms with van der Waals surface area (Å²) in [4.78, 5) is 16.3. The number of nitrogens with zero attached hydrogens (tertiary/aromatic N) is 3. The van der Waals surface area contributed by atoms with E-state index in [2.05, 4.69) is 10.1 Å². The number of fused-ring (bicyclic) bond motifs is 1. The van der Waals surface area contributed by atoms with E-state index in [9.17, 15) is 30.8 Å². The van der Waals surface area contributed by atoms with Gasteiger partial charge in [-0.15, -0.1) is 5.10 Å². The van der Waals surface area contributed by atoms with Gasteiger partial charge in [-0.25, -0.2) is 17.6 Å². The van der Waals surface area contributed by atoms with Crippen LogP contribution in [0.1, 0.15) is 32.4 Å². The van der Waals surface area contributed by atoms with Crippen LogP contribution < -0.4 is 4.72 Å². The maximum absolute atomic E-state index is 13.6. The van der Waals surface area contributed by atoms with Gasteiger partial charge in [-0.2, -0.15) is 22.6 Å². The number of ether oxygens (including phenoxy) is 1. The quantitative estimate of drug-likeness (QED) is 0.575. The summed E-state index contributed by atoms with van der Waals surface area (Å²) in [6.45, 7) is 4.72.